The number of fused-ring (bicyclic) bond motifs is 1. The van der Waals surface area contributed by atoms with Crippen molar-refractivity contribution in [3.63, 3.8) is 0 Å². The standard InChI is InChI=1S/C18H18BrF3N6O/c1-10-13(19)9-27(26-10)6-2-5-23-17(29)12-8-24-28-15(18(20,21)22)7-14(11-3-4-11)25-16(12)28/h7-9,11H,2-6H2,1H3,(H,23,29). The molecule has 1 amide bonds. The molecule has 4 rings (SSSR count). The second-order valence-corrected chi connectivity index (χ2v) is 7.92. The first kappa shape index (κ1) is 19.9. The van der Waals surface area contributed by atoms with E-state index in [1.54, 1.807) is 4.68 Å². The van der Waals surface area contributed by atoms with Gasteiger partial charge >= 0.3 is 6.18 Å². The zero-order valence-electron chi connectivity index (χ0n) is 15.5. The highest BCUT2D eigenvalue weighted by molar-refractivity contribution is 9.10. The molecule has 29 heavy (non-hydrogen) atoms. The van der Waals surface area contributed by atoms with Crippen molar-refractivity contribution in [2.75, 3.05) is 6.54 Å². The molecule has 1 aliphatic carbocycles. The van der Waals surface area contributed by atoms with Crippen molar-refractivity contribution in [1.29, 1.82) is 0 Å². The first-order valence-electron chi connectivity index (χ1n) is 9.17. The molecule has 1 fully saturated rings. The van der Waals surface area contributed by atoms with Gasteiger partial charge in [0.2, 0.25) is 0 Å². The Hall–Kier alpha value is -2.43. The minimum atomic E-state index is -4.58. The molecular formula is C18H18BrF3N6O. The lowest BCUT2D eigenvalue weighted by molar-refractivity contribution is -0.142. The molecule has 0 aromatic carbocycles. The van der Waals surface area contributed by atoms with Gasteiger partial charge in [0.05, 0.1) is 16.4 Å². The monoisotopic (exact) mass is 470 g/mol. The quantitative estimate of drug-likeness (QED) is 0.557. The molecule has 0 aliphatic heterocycles. The number of amides is 1. The van der Waals surface area contributed by atoms with Crippen LogP contribution in [0.15, 0.2) is 22.9 Å². The van der Waals surface area contributed by atoms with Gasteiger partial charge < -0.3 is 5.32 Å². The first-order chi connectivity index (χ1) is 13.7. The fourth-order valence-electron chi connectivity index (χ4n) is 3.08. The van der Waals surface area contributed by atoms with E-state index in [1.165, 1.54) is 0 Å². The van der Waals surface area contributed by atoms with Gasteiger partial charge in [0.1, 0.15) is 11.3 Å². The number of rotatable bonds is 6. The van der Waals surface area contributed by atoms with Gasteiger partial charge in [-0.05, 0) is 48.2 Å². The van der Waals surface area contributed by atoms with Crippen molar-refractivity contribution in [2.45, 2.75) is 44.8 Å². The van der Waals surface area contributed by atoms with Crippen molar-refractivity contribution < 1.29 is 18.0 Å². The highest BCUT2D eigenvalue weighted by atomic mass is 79.9. The molecule has 7 nitrogen and oxygen atoms in total. The van der Waals surface area contributed by atoms with Crippen LogP contribution in [0.3, 0.4) is 0 Å². The largest absolute Gasteiger partial charge is 0.433 e. The van der Waals surface area contributed by atoms with Crippen molar-refractivity contribution in [3.8, 4) is 0 Å². The van der Waals surface area contributed by atoms with Crippen LogP contribution in [0.1, 0.15) is 52.6 Å². The van der Waals surface area contributed by atoms with Crippen LogP contribution in [0.5, 0.6) is 0 Å². The van der Waals surface area contributed by atoms with Gasteiger partial charge in [0.15, 0.2) is 5.65 Å². The second-order valence-electron chi connectivity index (χ2n) is 7.07. The highest BCUT2D eigenvalue weighted by Crippen LogP contribution is 2.41. The topological polar surface area (TPSA) is 77.1 Å². The predicted molar refractivity (Wildman–Crippen MR) is 102 cm³/mol. The van der Waals surface area contributed by atoms with Crippen LogP contribution in [-0.4, -0.2) is 36.8 Å². The molecule has 0 saturated heterocycles. The van der Waals surface area contributed by atoms with Gasteiger partial charge in [0, 0.05) is 30.9 Å². The number of hydrogen-bond donors (Lipinski definition) is 1. The Kier molecular flexibility index (Phi) is 5.09. The smallest absolute Gasteiger partial charge is 0.352 e. The van der Waals surface area contributed by atoms with Crippen LogP contribution in [0.4, 0.5) is 13.2 Å². The molecule has 11 heteroatoms. The van der Waals surface area contributed by atoms with Crippen LogP contribution < -0.4 is 5.32 Å². The lowest BCUT2D eigenvalue weighted by Crippen LogP contribution is -2.25. The summed E-state index contributed by atoms with van der Waals surface area (Å²) < 4.78 is 43.7. The zero-order valence-corrected chi connectivity index (χ0v) is 17.1. The van der Waals surface area contributed by atoms with E-state index in [0.717, 1.165) is 35.3 Å². The molecule has 1 saturated carbocycles. The van der Waals surface area contributed by atoms with Gasteiger partial charge in [-0.2, -0.15) is 23.4 Å². The van der Waals surface area contributed by atoms with Gasteiger partial charge in [-0.15, -0.1) is 0 Å². The average molecular weight is 471 g/mol. The summed E-state index contributed by atoms with van der Waals surface area (Å²) in [5.74, 6) is -0.477. The van der Waals surface area contributed by atoms with Crippen LogP contribution in [0.2, 0.25) is 0 Å². The fraction of sp³-hybridized carbons (Fsp3) is 0.444. The third-order valence-electron chi connectivity index (χ3n) is 4.76. The molecule has 0 bridgehead atoms. The molecule has 0 spiro atoms. The summed E-state index contributed by atoms with van der Waals surface area (Å²) in [6.45, 7) is 2.83. The van der Waals surface area contributed by atoms with Crippen molar-refractivity contribution in [1.82, 2.24) is 29.7 Å². The first-order valence-corrected chi connectivity index (χ1v) is 9.97. The molecule has 0 atom stereocenters. The summed E-state index contributed by atoms with van der Waals surface area (Å²) in [5, 5.41) is 10.8. The molecule has 1 N–H and O–H groups in total. The zero-order chi connectivity index (χ0) is 20.8. The summed E-state index contributed by atoms with van der Waals surface area (Å²) in [4.78, 5) is 16.8. The molecule has 0 radical (unpaired) electrons. The summed E-state index contributed by atoms with van der Waals surface area (Å²) in [5.41, 5.74) is 0.294. The Morgan fingerprint density at radius 2 is 2.14 bits per heavy atom. The van der Waals surface area contributed by atoms with E-state index in [2.05, 4.69) is 36.4 Å². The number of carbonyl (C=O) groups is 1. The van der Waals surface area contributed by atoms with E-state index in [9.17, 15) is 18.0 Å². The average Bonchev–Trinajstić information content (AvgIpc) is 3.34. The third kappa shape index (κ3) is 4.14. The molecular weight excluding hydrogens is 453 g/mol. The van der Waals surface area contributed by atoms with Crippen LogP contribution in [0, 0.1) is 6.92 Å². The SMILES string of the molecule is Cc1nn(CCCNC(=O)c2cnn3c(C(F)(F)F)cc(C4CC4)nc23)cc1Br. The summed E-state index contributed by atoms with van der Waals surface area (Å²) in [6, 6.07) is 1.03. The minimum Gasteiger partial charge on any atom is -0.352 e. The van der Waals surface area contributed by atoms with Gasteiger partial charge in [-0.1, -0.05) is 0 Å². The normalized spacial score (nSPS) is 14.5. The number of carbonyl (C=O) groups excluding carboxylic acids is 1. The molecule has 3 aromatic rings. The Balaban J connectivity index is 1.49. The van der Waals surface area contributed by atoms with E-state index in [0.29, 0.717) is 29.7 Å². The number of nitrogens with one attached hydrogen (secondary N) is 1. The number of aryl methyl sites for hydroxylation is 2. The van der Waals surface area contributed by atoms with E-state index in [4.69, 9.17) is 0 Å². The van der Waals surface area contributed by atoms with Crippen LogP contribution >= 0.6 is 15.9 Å². The van der Waals surface area contributed by atoms with Gasteiger partial charge in [-0.3, -0.25) is 9.48 Å². The van der Waals surface area contributed by atoms with Crippen LogP contribution in [0.25, 0.3) is 5.65 Å². The van der Waals surface area contributed by atoms with Crippen LogP contribution in [-0.2, 0) is 12.7 Å². The maximum Gasteiger partial charge on any atom is 0.433 e. The van der Waals surface area contributed by atoms with Crippen molar-refractivity contribution >= 4 is 27.5 Å². The Labute approximate surface area is 172 Å². The second kappa shape index (κ2) is 7.43. The lowest BCUT2D eigenvalue weighted by atomic mass is 10.2. The van der Waals surface area contributed by atoms with E-state index in [1.807, 2.05) is 13.1 Å². The third-order valence-corrected chi connectivity index (χ3v) is 5.54. The maximum atomic E-state index is 13.4. The number of halogens is 4. The van der Waals surface area contributed by atoms with Crippen molar-refractivity contribution in [3.05, 3.63) is 45.6 Å². The maximum absolute atomic E-state index is 13.4. The summed E-state index contributed by atoms with van der Waals surface area (Å²) in [7, 11) is 0. The number of hydrogen-bond acceptors (Lipinski definition) is 4. The summed E-state index contributed by atoms with van der Waals surface area (Å²) >= 11 is 3.39. The molecule has 0 unspecified atom stereocenters. The fourth-order valence-corrected chi connectivity index (χ4v) is 3.39. The molecule has 3 heterocycles. The van der Waals surface area contributed by atoms with E-state index in [-0.39, 0.29) is 17.1 Å². The predicted octanol–water partition coefficient (Wildman–Crippen LogP) is 3.71. The highest BCUT2D eigenvalue weighted by Gasteiger charge is 2.37. The molecule has 154 valence electrons. The Morgan fingerprint density at radius 3 is 2.76 bits per heavy atom. The molecule has 3 aromatic heterocycles. The Bertz CT molecular complexity index is 1050. The van der Waals surface area contributed by atoms with Crippen molar-refractivity contribution in [2.24, 2.45) is 0 Å². The van der Waals surface area contributed by atoms with Gasteiger partial charge in [-0.25, -0.2) is 9.50 Å². The minimum absolute atomic E-state index is 0.0174. The van der Waals surface area contributed by atoms with E-state index < -0.39 is 17.8 Å². The molecule has 1 aliphatic rings. The lowest BCUT2D eigenvalue weighted by Gasteiger charge is -2.11. The summed E-state index contributed by atoms with van der Waals surface area (Å²) in [6.07, 6.45) is 0.633. The number of aromatic nitrogens is 5. The number of nitrogens with zero attached hydrogens (tertiary/aromatic N) is 5. The van der Waals surface area contributed by atoms with Gasteiger partial charge in [0.25, 0.3) is 5.91 Å². The Morgan fingerprint density at radius 1 is 1.38 bits per heavy atom. The van der Waals surface area contributed by atoms with E-state index >= 15 is 0 Å². The number of alkyl halides is 3.